The Labute approximate surface area is 198 Å². The number of ether oxygens (including phenoxy) is 1. The van der Waals surface area contributed by atoms with Gasteiger partial charge in [-0.2, -0.15) is 10.2 Å². The first-order valence-electron chi connectivity index (χ1n) is 11.3. The number of carbonyl (C=O) groups is 1. The van der Waals surface area contributed by atoms with Gasteiger partial charge in [0.15, 0.2) is 5.76 Å². The van der Waals surface area contributed by atoms with Crippen LogP contribution >= 0.6 is 0 Å². The van der Waals surface area contributed by atoms with E-state index in [0.717, 1.165) is 11.3 Å². The zero-order valence-electron chi connectivity index (χ0n) is 19.7. The van der Waals surface area contributed by atoms with Crippen LogP contribution in [0.15, 0.2) is 51.5 Å². The second kappa shape index (κ2) is 10.4. The summed E-state index contributed by atoms with van der Waals surface area (Å²) in [6.07, 6.45) is 2.86. The SMILES string of the molecule is COc1cccc([C@H](CNC(=O)C2CCN(c3oc(-c4ccco4)nc3C#N)CC2)N(C)C)c1. The molecule has 1 atom stereocenters. The molecule has 1 N–H and O–H groups in total. The highest BCUT2D eigenvalue weighted by molar-refractivity contribution is 5.79. The lowest BCUT2D eigenvalue weighted by molar-refractivity contribution is -0.125. The number of methoxy groups -OCH3 is 1. The van der Waals surface area contributed by atoms with Gasteiger partial charge in [-0.1, -0.05) is 12.1 Å². The topological polar surface area (TPSA) is 108 Å². The number of hydrogen-bond donors (Lipinski definition) is 1. The van der Waals surface area contributed by atoms with Crippen LogP contribution in [0.2, 0.25) is 0 Å². The maximum absolute atomic E-state index is 12.9. The van der Waals surface area contributed by atoms with Crippen molar-refractivity contribution in [1.82, 2.24) is 15.2 Å². The molecule has 1 aliphatic heterocycles. The molecule has 34 heavy (non-hydrogen) atoms. The van der Waals surface area contributed by atoms with Crippen LogP contribution in [0.25, 0.3) is 11.7 Å². The number of anilines is 1. The van der Waals surface area contributed by atoms with Crippen molar-refractivity contribution in [3.8, 4) is 23.5 Å². The fourth-order valence-electron chi connectivity index (χ4n) is 4.24. The number of oxazole rings is 1. The zero-order valence-corrected chi connectivity index (χ0v) is 19.7. The molecule has 178 valence electrons. The number of piperidine rings is 1. The quantitative estimate of drug-likeness (QED) is 0.541. The Morgan fingerprint density at radius 2 is 2.12 bits per heavy atom. The van der Waals surface area contributed by atoms with Gasteiger partial charge in [-0.05, 0) is 56.8 Å². The predicted octanol–water partition coefficient (Wildman–Crippen LogP) is 3.45. The van der Waals surface area contributed by atoms with E-state index in [0.29, 0.717) is 44.1 Å². The van der Waals surface area contributed by atoms with Gasteiger partial charge in [0.2, 0.25) is 17.5 Å². The van der Waals surface area contributed by atoms with Gasteiger partial charge in [0.05, 0.1) is 19.4 Å². The number of furan rings is 1. The van der Waals surface area contributed by atoms with E-state index in [1.54, 1.807) is 19.2 Å². The number of benzene rings is 1. The van der Waals surface area contributed by atoms with Crippen molar-refractivity contribution in [2.24, 2.45) is 5.92 Å². The zero-order chi connectivity index (χ0) is 24.1. The van der Waals surface area contributed by atoms with Crippen molar-refractivity contribution in [3.63, 3.8) is 0 Å². The number of rotatable bonds is 8. The van der Waals surface area contributed by atoms with Crippen LogP contribution in [0.3, 0.4) is 0 Å². The summed E-state index contributed by atoms with van der Waals surface area (Å²) in [4.78, 5) is 21.2. The van der Waals surface area contributed by atoms with E-state index in [-0.39, 0.29) is 29.5 Å². The van der Waals surface area contributed by atoms with E-state index in [2.05, 4.69) is 21.3 Å². The number of carbonyl (C=O) groups excluding carboxylic acids is 1. The van der Waals surface area contributed by atoms with Crippen LogP contribution < -0.4 is 15.0 Å². The van der Waals surface area contributed by atoms with Gasteiger partial charge in [0, 0.05) is 25.6 Å². The number of nitrogens with zero attached hydrogens (tertiary/aromatic N) is 4. The van der Waals surface area contributed by atoms with Crippen molar-refractivity contribution in [2.45, 2.75) is 18.9 Å². The standard InChI is InChI=1S/C25H29N5O4/c1-29(2)21(18-6-4-7-19(14-18)32-3)16-27-23(31)17-9-11-30(12-10-17)25-20(15-26)28-24(34-25)22-8-5-13-33-22/h4-8,13-14,17,21H,9-12,16H2,1-3H3,(H,27,31)/t21-/m0/s1. The molecule has 3 aromatic rings. The van der Waals surface area contributed by atoms with E-state index in [1.807, 2.05) is 43.3 Å². The first-order valence-corrected chi connectivity index (χ1v) is 11.3. The summed E-state index contributed by atoms with van der Waals surface area (Å²) >= 11 is 0. The van der Waals surface area contributed by atoms with Gasteiger partial charge in [0.1, 0.15) is 11.8 Å². The molecule has 0 bridgehead atoms. The lowest BCUT2D eigenvalue weighted by Gasteiger charge is -2.32. The third kappa shape index (κ3) is 5.07. The monoisotopic (exact) mass is 463 g/mol. The average Bonchev–Trinajstić information content (AvgIpc) is 3.54. The first-order chi connectivity index (χ1) is 16.5. The largest absolute Gasteiger partial charge is 0.497 e. The molecule has 1 amide bonds. The van der Waals surface area contributed by atoms with Crippen LogP contribution in [0.1, 0.15) is 30.1 Å². The highest BCUT2D eigenvalue weighted by atomic mass is 16.5. The smallest absolute Gasteiger partial charge is 0.266 e. The van der Waals surface area contributed by atoms with Crippen molar-refractivity contribution in [3.05, 3.63) is 53.9 Å². The van der Waals surface area contributed by atoms with Gasteiger partial charge >= 0.3 is 0 Å². The minimum absolute atomic E-state index is 0.0338. The van der Waals surface area contributed by atoms with Gasteiger partial charge in [0.25, 0.3) is 5.89 Å². The van der Waals surface area contributed by atoms with E-state index < -0.39 is 0 Å². The Kier molecular flexibility index (Phi) is 7.18. The van der Waals surface area contributed by atoms with Gasteiger partial charge in [-0.15, -0.1) is 0 Å². The number of nitrogens with one attached hydrogen (secondary N) is 1. The third-order valence-corrected chi connectivity index (χ3v) is 6.17. The molecule has 1 saturated heterocycles. The fraction of sp³-hybridized carbons (Fsp3) is 0.400. The Morgan fingerprint density at radius 3 is 2.76 bits per heavy atom. The molecule has 1 aromatic carbocycles. The molecular formula is C25H29N5O4. The molecule has 0 spiro atoms. The molecule has 2 aromatic heterocycles. The summed E-state index contributed by atoms with van der Waals surface area (Å²) in [5.74, 6) is 1.93. The Bertz CT molecular complexity index is 1140. The molecule has 3 heterocycles. The molecule has 0 aliphatic carbocycles. The molecule has 0 radical (unpaired) electrons. The van der Waals surface area contributed by atoms with Crippen molar-refractivity contribution >= 4 is 11.8 Å². The van der Waals surface area contributed by atoms with E-state index in [4.69, 9.17) is 13.6 Å². The summed E-state index contributed by atoms with van der Waals surface area (Å²) in [6.45, 7) is 1.71. The Hall–Kier alpha value is -3.77. The van der Waals surface area contributed by atoms with Crippen LogP contribution in [-0.2, 0) is 4.79 Å². The lowest BCUT2D eigenvalue weighted by atomic mass is 9.95. The third-order valence-electron chi connectivity index (χ3n) is 6.17. The minimum Gasteiger partial charge on any atom is -0.497 e. The number of amides is 1. The fourth-order valence-corrected chi connectivity index (χ4v) is 4.24. The molecule has 9 nitrogen and oxygen atoms in total. The predicted molar refractivity (Wildman–Crippen MR) is 126 cm³/mol. The average molecular weight is 464 g/mol. The van der Waals surface area contributed by atoms with Crippen molar-refractivity contribution in [1.29, 1.82) is 5.26 Å². The molecule has 1 fully saturated rings. The summed E-state index contributed by atoms with van der Waals surface area (Å²) in [6, 6.07) is 13.5. The molecule has 9 heteroatoms. The molecule has 4 rings (SSSR count). The maximum atomic E-state index is 12.9. The number of hydrogen-bond acceptors (Lipinski definition) is 8. The van der Waals surface area contributed by atoms with Gasteiger partial charge < -0.3 is 28.7 Å². The highest BCUT2D eigenvalue weighted by Crippen LogP contribution is 2.31. The number of nitriles is 1. The minimum atomic E-state index is -0.0950. The van der Waals surface area contributed by atoms with Gasteiger partial charge in [-0.25, -0.2) is 0 Å². The first kappa shape index (κ1) is 23.4. The molecular weight excluding hydrogens is 434 g/mol. The Morgan fingerprint density at radius 1 is 1.32 bits per heavy atom. The van der Waals surface area contributed by atoms with E-state index in [9.17, 15) is 10.1 Å². The van der Waals surface area contributed by atoms with E-state index in [1.165, 1.54) is 6.26 Å². The normalized spacial score (nSPS) is 15.2. The molecule has 0 unspecified atom stereocenters. The molecule has 0 saturated carbocycles. The van der Waals surface area contributed by atoms with Crippen LogP contribution in [0.5, 0.6) is 5.75 Å². The van der Waals surface area contributed by atoms with Crippen LogP contribution in [0.4, 0.5) is 5.88 Å². The summed E-state index contributed by atoms with van der Waals surface area (Å²) < 4.78 is 16.5. The highest BCUT2D eigenvalue weighted by Gasteiger charge is 2.29. The Balaban J connectivity index is 1.35. The second-order valence-electron chi connectivity index (χ2n) is 8.52. The van der Waals surface area contributed by atoms with Gasteiger partial charge in [-0.3, -0.25) is 4.79 Å². The summed E-state index contributed by atoms with van der Waals surface area (Å²) in [7, 11) is 5.64. The second-order valence-corrected chi connectivity index (χ2v) is 8.52. The summed E-state index contributed by atoms with van der Waals surface area (Å²) in [5.41, 5.74) is 1.31. The number of likely N-dealkylation sites (N-methyl/N-ethyl adjacent to an activating group) is 1. The maximum Gasteiger partial charge on any atom is 0.266 e. The summed E-state index contributed by atoms with van der Waals surface area (Å²) in [5, 5.41) is 12.6. The number of aromatic nitrogens is 1. The van der Waals surface area contributed by atoms with Crippen molar-refractivity contribution < 1.29 is 18.4 Å². The van der Waals surface area contributed by atoms with Crippen LogP contribution in [-0.4, -0.2) is 56.6 Å². The molecule has 1 aliphatic rings. The lowest BCUT2D eigenvalue weighted by Crippen LogP contribution is -2.42. The van der Waals surface area contributed by atoms with E-state index >= 15 is 0 Å². The van der Waals surface area contributed by atoms with Crippen molar-refractivity contribution in [2.75, 3.05) is 45.7 Å². The van der Waals surface area contributed by atoms with Crippen LogP contribution in [0, 0.1) is 17.2 Å².